The van der Waals surface area contributed by atoms with E-state index < -0.39 is 54.0 Å². The third kappa shape index (κ3) is 14.5. The zero-order valence-electron chi connectivity index (χ0n) is 54.4. The topological polar surface area (TPSA) is 348 Å². The Labute approximate surface area is 555 Å². The molecule has 510 valence electrons. The molecule has 0 aliphatic rings. The van der Waals surface area contributed by atoms with Gasteiger partial charge in [0.15, 0.2) is 34.4 Å². The van der Waals surface area contributed by atoms with Crippen LogP contribution in [0.2, 0.25) is 0 Å². The van der Waals surface area contributed by atoms with Crippen molar-refractivity contribution in [2.75, 3.05) is 80.5 Å². The van der Waals surface area contributed by atoms with E-state index in [-0.39, 0.29) is 94.4 Å². The van der Waals surface area contributed by atoms with Crippen LogP contribution in [0.5, 0.6) is 23.0 Å². The molecule has 0 spiro atoms. The molecule has 0 radical (unpaired) electrons. The van der Waals surface area contributed by atoms with Gasteiger partial charge in [-0.05, 0) is 45.0 Å². The zero-order chi connectivity index (χ0) is 70.1. The molecule has 0 saturated carbocycles. The highest BCUT2D eigenvalue weighted by atomic mass is 32.2. The first-order chi connectivity index (χ1) is 45.9. The van der Waals surface area contributed by atoms with Crippen LogP contribution in [0.3, 0.4) is 0 Å². The summed E-state index contributed by atoms with van der Waals surface area (Å²) in [5.74, 6) is -0.383. The minimum absolute atomic E-state index is 0.0254. The summed E-state index contributed by atoms with van der Waals surface area (Å²) in [4.78, 5) is 55.7. The van der Waals surface area contributed by atoms with Crippen LogP contribution < -0.4 is 28.7 Å². The predicted molar refractivity (Wildman–Crippen MR) is 349 cm³/mol. The maximum atomic E-state index is 16.0. The lowest BCUT2D eigenvalue weighted by Gasteiger charge is -2.26. The number of rotatable bonds is 22. The number of aromatic nitrogens is 16. The maximum absolute atomic E-state index is 16.0. The summed E-state index contributed by atoms with van der Waals surface area (Å²) < 4.78 is 145. The molecule has 0 amide bonds. The van der Waals surface area contributed by atoms with Gasteiger partial charge in [-0.1, -0.05) is 0 Å². The highest BCUT2D eigenvalue weighted by Crippen LogP contribution is 2.40. The fourth-order valence-corrected chi connectivity index (χ4v) is 12.1. The van der Waals surface area contributed by atoms with Gasteiger partial charge < -0.3 is 33.5 Å². The fourth-order valence-electron chi connectivity index (χ4n) is 9.31. The summed E-state index contributed by atoms with van der Waals surface area (Å²) in [6.07, 6.45) is 16.5. The minimum atomic E-state index is -3.98. The second-order valence-electron chi connectivity index (χ2n) is 22.4. The Hall–Kier alpha value is -10.7. The number of ether oxygens (including phenoxy) is 5. The van der Waals surface area contributed by atoms with Crippen molar-refractivity contribution in [3.8, 4) is 45.5 Å². The number of imidazole rings is 3. The van der Waals surface area contributed by atoms with E-state index in [1.807, 2.05) is 0 Å². The molecular weight excluding hydrogens is 1330 g/mol. The van der Waals surface area contributed by atoms with Gasteiger partial charge in [0.05, 0.1) is 89.1 Å². The van der Waals surface area contributed by atoms with Crippen molar-refractivity contribution in [3.63, 3.8) is 0 Å². The third-order valence-electron chi connectivity index (χ3n) is 14.3. The highest BCUT2D eigenvalue weighted by Gasteiger charge is 2.30. The Morgan fingerprint density at radius 1 is 0.515 bits per heavy atom. The van der Waals surface area contributed by atoms with E-state index in [0.717, 1.165) is 29.5 Å². The first kappa shape index (κ1) is 69.2. The highest BCUT2D eigenvalue weighted by molar-refractivity contribution is 7.88. The lowest BCUT2D eigenvalue weighted by atomic mass is 10.2. The average molecular weight is 1390 g/mol. The summed E-state index contributed by atoms with van der Waals surface area (Å²) in [5.41, 5.74) is 2.25. The van der Waals surface area contributed by atoms with E-state index in [1.54, 1.807) is 57.4 Å². The average Bonchev–Trinajstić information content (AvgIpc) is 1.55. The summed E-state index contributed by atoms with van der Waals surface area (Å²) in [7, 11) is 2.16. The number of pyridine rings is 2. The number of benzene rings is 2. The zero-order valence-corrected chi connectivity index (χ0v) is 56.9. The molecule has 0 bridgehead atoms. The second-order valence-corrected chi connectivity index (χ2v) is 28.5. The molecular formula is C59H65F2N21O12S3. The van der Waals surface area contributed by atoms with Crippen LogP contribution in [0.15, 0.2) is 123 Å². The number of methoxy groups -OCH3 is 4. The summed E-state index contributed by atoms with van der Waals surface area (Å²) in [5, 5.41) is 8.44. The second kappa shape index (κ2) is 27.6. The number of halogens is 2. The van der Waals surface area contributed by atoms with Gasteiger partial charge in [-0.15, -0.1) is 0 Å². The van der Waals surface area contributed by atoms with Gasteiger partial charge in [-0.2, -0.15) is 53.0 Å². The molecule has 11 rings (SSSR count). The van der Waals surface area contributed by atoms with E-state index in [2.05, 4.69) is 45.1 Å². The standard InChI is InChI=1S/C30H33FN12O6S2.C29H32FN9O6S/c1-38(2)50(44,45)42-11-9-32-27(42)18-40-17-20(15-35-40)23-16-34-22-7-8-26(37-30(22)36-23)41(24-13-21(48-5)14-25(49-6)29(24)31)19-28-33-10-12-43(28)51(46,47)39(3)4;1-29(2,3)45-28(40)38-16-18(14-33-38)21-15-32-20-8-9-24(35-27(20)34-21)37(22-12-19(43-6)13-23(44-7)26(22)30)17-25-31-10-11-39(25)46(41,42)36(4)5/h7-17H,18-19H2,1-6H3;8-16H,17H2,1-7H3. The molecule has 0 atom stereocenters. The summed E-state index contributed by atoms with van der Waals surface area (Å²) >= 11 is 0. The van der Waals surface area contributed by atoms with Gasteiger partial charge in [0.1, 0.15) is 63.8 Å². The van der Waals surface area contributed by atoms with E-state index in [9.17, 15) is 30.0 Å². The Balaban J connectivity index is 0.000000212. The van der Waals surface area contributed by atoms with Crippen molar-refractivity contribution < 1.29 is 62.5 Å². The largest absolute Gasteiger partial charge is 0.497 e. The smallest absolute Gasteiger partial charge is 0.435 e. The van der Waals surface area contributed by atoms with Crippen molar-refractivity contribution in [2.24, 2.45) is 0 Å². The van der Waals surface area contributed by atoms with Crippen LogP contribution in [-0.2, 0) is 55.0 Å². The number of hydrogen-bond acceptors (Lipinski definition) is 25. The Morgan fingerprint density at radius 2 is 0.928 bits per heavy atom. The van der Waals surface area contributed by atoms with Crippen LogP contribution in [0.1, 0.15) is 38.2 Å². The van der Waals surface area contributed by atoms with Crippen LogP contribution in [0.4, 0.5) is 36.6 Å². The van der Waals surface area contributed by atoms with Crippen molar-refractivity contribution in [1.29, 1.82) is 0 Å². The first-order valence-electron chi connectivity index (χ1n) is 28.8. The summed E-state index contributed by atoms with van der Waals surface area (Å²) in [6.45, 7) is 4.82. The van der Waals surface area contributed by atoms with Gasteiger partial charge >= 0.3 is 36.7 Å². The number of fused-ring (bicyclic) bond motifs is 2. The Morgan fingerprint density at radius 3 is 1.34 bits per heavy atom. The summed E-state index contributed by atoms with van der Waals surface area (Å²) in [6, 6.07) is 12.1. The molecule has 33 nitrogen and oxygen atoms in total. The van der Waals surface area contributed by atoms with Crippen molar-refractivity contribution in [3.05, 3.63) is 152 Å². The molecule has 0 aliphatic heterocycles. The lowest BCUT2D eigenvalue weighted by molar-refractivity contribution is 0.0514. The number of carbonyl (C=O) groups is 1. The Kier molecular flexibility index (Phi) is 19.7. The van der Waals surface area contributed by atoms with Gasteiger partial charge in [0.2, 0.25) is 0 Å². The van der Waals surface area contributed by atoms with Gasteiger partial charge in [0, 0.05) is 127 Å². The SMILES string of the molecule is COc1cc(OC)c(F)c(N(Cc2nccn2S(=O)(=O)N(C)C)c2ccc3ncc(-c4cnn(C(=O)OC(C)(C)C)c4)nc3n2)c1.COc1cc(OC)c(F)c(N(Cc2nccn2S(=O)(=O)N(C)C)c2ccc3ncc(-c4cnn(Cc5nccn5S(=O)(=O)N(C)C)c4)nc3n2)c1. The lowest BCUT2D eigenvalue weighted by Crippen LogP contribution is -2.31. The van der Waals surface area contributed by atoms with Crippen LogP contribution in [-0.4, -0.2) is 197 Å². The molecule has 0 unspecified atom stereocenters. The van der Waals surface area contributed by atoms with Gasteiger partial charge in [-0.3, -0.25) is 14.6 Å². The van der Waals surface area contributed by atoms with Crippen molar-refractivity contribution >= 4 is 82.1 Å². The molecule has 11 aromatic rings. The molecule has 9 aromatic heterocycles. The van der Waals surface area contributed by atoms with Crippen molar-refractivity contribution in [2.45, 2.75) is 46.0 Å². The van der Waals surface area contributed by atoms with Gasteiger partial charge in [-0.25, -0.2) is 60.4 Å². The number of hydrogen-bond donors (Lipinski definition) is 0. The fraction of sp³-hybridized carbons (Fsp3) is 0.288. The molecule has 0 N–H and O–H groups in total. The van der Waals surface area contributed by atoms with Gasteiger partial charge in [0.25, 0.3) is 0 Å². The number of carbonyl (C=O) groups excluding carboxylic acids is 1. The van der Waals surface area contributed by atoms with E-state index >= 15 is 8.78 Å². The number of nitrogens with zero attached hydrogens (tertiary/aromatic N) is 21. The van der Waals surface area contributed by atoms with E-state index in [4.69, 9.17) is 33.7 Å². The normalized spacial score (nSPS) is 12.1. The van der Waals surface area contributed by atoms with E-state index in [0.29, 0.717) is 33.5 Å². The third-order valence-corrected chi connectivity index (χ3v) is 19.5. The monoisotopic (exact) mass is 1390 g/mol. The van der Waals surface area contributed by atoms with Crippen LogP contribution in [0.25, 0.3) is 44.8 Å². The van der Waals surface area contributed by atoms with Crippen molar-refractivity contribution in [1.82, 2.24) is 89.2 Å². The van der Waals surface area contributed by atoms with Crippen LogP contribution in [0, 0.1) is 11.6 Å². The molecule has 0 saturated heterocycles. The molecule has 0 aliphatic carbocycles. The van der Waals surface area contributed by atoms with Crippen LogP contribution >= 0.6 is 0 Å². The quantitative estimate of drug-likeness (QED) is 0.0734. The molecule has 97 heavy (non-hydrogen) atoms. The molecule has 9 heterocycles. The molecule has 0 fully saturated rings. The molecule has 38 heteroatoms. The molecule has 2 aromatic carbocycles. The Bertz CT molecular complexity index is 5090. The predicted octanol–water partition coefficient (Wildman–Crippen LogP) is 6.15. The maximum Gasteiger partial charge on any atom is 0.435 e. The van der Waals surface area contributed by atoms with E-state index in [1.165, 1.54) is 171 Å². The number of anilines is 4. The minimum Gasteiger partial charge on any atom is -0.497 e. The first-order valence-corrected chi connectivity index (χ1v) is 33.0.